The van der Waals surface area contributed by atoms with Gasteiger partial charge in [-0.05, 0) is 17.3 Å². The van der Waals surface area contributed by atoms with Gasteiger partial charge in [-0.25, -0.2) is 0 Å². The van der Waals surface area contributed by atoms with Crippen molar-refractivity contribution in [1.82, 2.24) is 0 Å². The van der Waals surface area contributed by atoms with Gasteiger partial charge >= 0.3 is 0 Å². The summed E-state index contributed by atoms with van der Waals surface area (Å²) in [6.45, 7) is 8.63. The number of nitriles is 1. The molecule has 1 heteroatoms. The Morgan fingerprint density at radius 1 is 1.25 bits per heavy atom. The van der Waals surface area contributed by atoms with Gasteiger partial charge in [0.15, 0.2) is 0 Å². The van der Waals surface area contributed by atoms with Crippen LogP contribution in [0, 0.1) is 28.1 Å². The molecule has 0 bridgehead atoms. The molecule has 0 saturated carbocycles. The SMILES string of the molecule is CC1(C)C=CC(C)(C)C(C#N)C1. The Balaban J connectivity index is 2.94. The van der Waals surface area contributed by atoms with E-state index in [1.54, 1.807) is 0 Å². The first-order chi connectivity index (χ1) is 5.37. The third-order valence-electron chi connectivity index (χ3n) is 2.75. The van der Waals surface area contributed by atoms with Crippen LogP contribution < -0.4 is 0 Å². The van der Waals surface area contributed by atoms with Crippen molar-refractivity contribution >= 4 is 0 Å². The minimum absolute atomic E-state index is 0.0598. The first-order valence-corrected chi connectivity index (χ1v) is 4.47. The maximum Gasteiger partial charge on any atom is 0.0665 e. The summed E-state index contributed by atoms with van der Waals surface area (Å²) in [5.41, 5.74) is 0.264. The Kier molecular flexibility index (Phi) is 2.04. The predicted molar refractivity (Wildman–Crippen MR) is 50.4 cm³/mol. The van der Waals surface area contributed by atoms with E-state index >= 15 is 0 Å². The van der Waals surface area contributed by atoms with Crippen molar-refractivity contribution in [1.29, 1.82) is 5.26 Å². The minimum atomic E-state index is 0.0598. The molecule has 1 aliphatic rings. The van der Waals surface area contributed by atoms with E-state index in [-0.39, 0.29) is 16.7 Å². The molecule has 0 aliphatic heterocycles. The second-order valence-electron chi connectivity index (χ2n) is 5.03. The highest BCUT2D eigenvalue weighted by atomic mass is 14.4. The Bertz CT molecular complexity index is 240. The lowest BCUT2D eigenvalue weighted by Gasteiger charge is -2.37. The number of nitrogens with zero attached hydrogens (tertiary/aromatic N) is 1. The highest BCUT2D eigenvalue weighted by molar-refractivity contribution is 5.14. The van der Waals surface area contributed by atoms with Crippen LogP contribution in [-0.2, 0) is 0 Å². The van der Waals surface area contributed by atoms with Crippen molar-refractivity contribution in [3.8, 4) is 6.07 Å². The molecule has 1 nitrogen and oxygen atoms in total. The second kappa shape index (κ2) is 2.62. The molecule has 0 aromatic carbocycles. The predicted octanol–water partition coefficient (Wildman–Crippen LogP) is 3.14. The van der Waals surface area contributed by atoms with Gasteiger partial charge in [-0.3, -0.25) is 0 Å². The summed E-state index contributed by atoms with van der Waals surface area (Å²) >= 11 is 0. The molecule has 0 heterocycles. The van der Waals surface area contributed by atoms with Crippen molar-refractivity contribution in [2.24, 2.45) is 16.7 Å². The Labute approximate surface area is 75.1 Å². The molecular weight excluding hydrogens is 146 g/mol. The number of allylic oxidation sites excluding steroid dienone is 2. The summed E-state index contributed by atoms with van der Waals surface area (Å²) < 4.78 is 0. The molecular formula is C11H17N. The van der Waals surface area contributed by atoms with Crippen LogP contribution in [0.5, 0.6) is 0 Å². The molecule has 1 rings (SSSR count). The van der Waals surface area contributed by atoms with Crippen LogP contribution in [-0.4, -0.2) is 0 Å². The second-order valence-corrected chi connectivity index (χ2v) is 5.03. The summed E-state index contributed by atoms with van der Waals surface area (Å²) in [4.78, 5) is 0. The van der Waals surface area contributed by atoms with Gasteiger partial charge in [0, 0.05) is 0 Å². The van der Waals surface area contributed by atoms with Crippen LogP contribution in [0.4, 0.5) is 0 Å². The molecule has 0 saturated heterocycles. The van der Waals surface area contributed by atoms with E-state index in [4.69, 9.17) is 5.26 Å². The minimum Gasteiger partial charge on any atom is -0.198 e. The van der Waals surface area contributed by atoms with Crippen molar-refractivity contribution in [2.75, 3.05) is 0 Å². The largest absolute Gasteiger partial charge is 0.198 e. The van der Waals surface area contributed by atoms with E-state index in [9.17, 15) is 0 Å². The zero-order valence-corrected chi connectivity index (χ0v) is 8.39. The van der Waals surface area contributed by atoms with E-state index in [0.717, 1.165) is 6.42 Å². The summed E-state index contributed by atoms with van der Waals surface area (Å²) in [7, 11) is 0. The molecule has 0 N–H and O–H groups in total. The van der Waals surface area contributed by atoms with E-state index < -0.39 is 0 Å². The average Bonchev–Trinajstić information content (AvgIpc) is 1.95. The third kappa shape index (κ3) is 1.69. The lowest BCUT2D eigenvalue weighted by molar-refractivity contribution is 0.234. The van der Waals surface area contributed by atoms with Gasteiger partial charge in [0.1, 0.15) is 0 Å². The quantitative estimate of drug-likeness (QED) is 0.503. The van der Waals surface area contributed by atoms with Gasteiger partial charge in [0.25, 0.3) is 0 Å². The molecule has 66 valence electrons. The molecule has 0 fully saturated rings. The van der Waals surface area contributed by atoms with E-state index in [2.05, 4.69) is 45.9 Å². The first kappa shape index (κ1) is 9.32. The molecule has 0 spiro atoms. The zero-order chi connectivity index (χ0) is 9.41. The molecule has 1 unspecified atom stereocenters. The summed E-state index contributed by atoms with van der Waals surface area (Å²) in [5, 5.41) is 8.97. The molecule has 0 radical (unpaired) electrons. The fourth-order valence-electron chi connectivity index (χ4n) is 1.63. The van der Waals surface area contributed by atoms with Gasteiger partial charge in [0.2, 0.25) is 0 Å². The van der Waals surface area contributed by atoms with Crippen LogP contribution in [0.15, 0.2) is 12.2 Å². The van der Waals surface area contributed by atoms with Crippen LogP contribution in [0.1, 0.15) is 34.1 Å². The normalized spacial score (nSPS) is 31.1. The topological polar surface area (TPSA) is 23.8 Å². The average molecular weight is 163 g/mol. The summed E-state index contributed by atoms with van der Waals surface area (Å²) in [6.07, 6.45) is 5.40. The highest BCUT2D eigenvalue weighted by Crippen LogP contribution is 2.42. The maximum absolute atomic E-state index is 8.97. The molecule has 0 aromatic rings. The summed E-state index contributed by atoms with van der Waals surface area (Å²) in [6, 6.07) is 2.40. The van der Waals surface area contributed by atoms with Crippen molar-refractivity contribution in [3.05, 3.63) is 12.2 Å². The van der Waals surface area contributed by atoms with Crippen molar-refractivity contribution < 1.29 is 0 Å². The first-order valence-electron chi connectivity index (χ1n) is 4.47. The zero-order valence-electron chi connectivity index (χ0n) is 8.39. The molecule has 1 aliphatic carbocycles. The third-order valence-corrected chi connectivity index (χ3v) is 2.75. The van der Waals surface area contributed by atoms with Gasteiger partial charge in [-0.15, -0.1) is 0 Å². The van der Waals surface area contributed by atoms with Gasteiger partial charge in [0.05, 0.1) is 12.0 Å². The Morgan fingerprint density at radius 3 is 2.25 bits per heavy atom. The fraction of sp³-hybridized carbons (Fsp3) is 0.727. The van der Waals surface area contributed by atoms with Gasteiger partial charge < -0.3 is 0 Å². The standard InChI is InChI=1S/C11H17N/c1-10(2)5-6-11(3,4)9(7-10)8-12/h5-6,9H,7H2,1-4H3. The molecule has 0 amide bonds. The lowest BCUT2D eigenvalue weighted by atomic mass is 9.66. The van der Waals surface area contributed by atoms with E-state index in [0.29, 0.717) is 0 Å². The van der Waals surface area contributed by atoms with Crippen LogP contribution in [0.2, 0.25) is 0 Å². The highest BCUT2D eigenvalue weighted by Gasteiger charge is 2.35. The van der Waals surface area contributed by atoms with Gasteiger partial charge in [-0.2, -0.15) is 5.26 Å². The van der Waals surface area contributed by atoms with E-state index in [1.807, 2.05) is 0 Å². The van der Waals surface area contributed by atoms with E-state index in [1.165, 1.54) is 0 Å². The van der Waals surface area contributed by atoms with Crippen LogP contribution in [0.3, 0.4) is 0 Å². The molecule has 1 atom stereocenters. The maximum atomic E-state index is 8.97. The smallest absolute Gasteiger partial charge is 0.0665 e. The Hall–Kier alpha value is -0.770. The Morgan fingerprint density at radius 2 is 1.83 bits per heavy atom. The van der Waals surface area contributed by atoms with Crippen molar-refractivity contribution in [3.63, 3.8) is 0 Å². The molecule has 12 heavy (non-hydrogen) atoms. The fourth-order valence-corrected chi connectivity index (χ4v) is 1.63. The van der Waals surface area contributed by atoms with Crippen LogP contribution >= 0.6 is 0 Å². The van der Waals surface area contributed by atoms with Gasteiger partial charge in [-0.1, -0.05) is 39.8 Å². The van der Waals surface area contributed by atoms with Crippen LogP contribution in [0.25, 0.3) is 0 Å². The summed E-state index contributed by atoms with van der Waals surface area (Å²) in [5.74, 6) is 0.164. The molecule has 0 aromatic heterocycles. The monoisotopic (exact) mass is 163 g/mol. The number of hydrogen-bond donors (Lipinski definition) is 0. The van der Waals surface area contributed by atoms with Crippen molar-refractivity contribution in [2.45, 2.75) is 34.1 Å². The number of hydrogen-bond acceptors (Lipinski definition) is 1. The number of rotatable bonds is 0. The lowest BCUT2D eigenvalue weighted by Crippen LogP contribution is -2.30.